The summed E-state index contributed by atoms with van der Waals surface area (Å²) in [5.41, 5.74) is 1.75. The molecule has 0 aliphatic heterocycles. The van der Waals surface area contributed by atoms with Crippen molar-refractivity contribution >= 4 is 22.9 Å². The van der Waals surface area contributed by atoms with Gasteiger partial charge in [-0.1, -0.05) is 39.0 Å². The predicted octanol–water partition coefficient (Wildman–Crippen LogP) is 3.94. The van der Waals surface area contributed by atoms with E-state index in [1.807, 2.05) is 41.2 Å². The van der Waals surface area contributed by atoms with Crippen LogP contribution in [0.15, 0.2) is 48.9 Å². The maximum Gasteiger partial charge on any atom is 0.267 e. The summed E-state index contributed by atoms with van der Waals surface area (Å²) in [5.74, 6) is -0.129. The summed E-state index contributed by atoms with van der Waals surface area (Å²) in [7, 11) is 0. The van der Waals surface area contributed by atoms with Crippen LogP contribution in [0.25, 0.3) is 0 Å². The fourth-order valence-corrected chi connectivity index (χ4v) is 3.13. The summed E-state index contributed by atoms with van der Waals surface area (Å²) in [6.45, 7) is 6.88. The molecule has 1 amide bonds. The molecule has 0 radical (unpaired) electrons. The number of rotatable bonds is 4. The van der Waals surface area contributed by atoms with Crippen LogP contribution in [0.1, 0.15) is 41.0 Å². The molecule has 6 heteroatoms. The number of nitrogens with one attached hydrogen (secondary N) is 1. The number of aromatic nitrogens is 3. The van der Waals surface area contributed by atoms with Gasteiger partial charge in [-0.05, 0) is 17.7 Å². The van der Waals surface area contributed by atoms with Crippen LogP contribution in [0.5, 0.6) is 0 Å². The van der Waals surface area contributed by atoms with Crippen LogP contribution in [0, 0.1) is 0 Å². The monoisotopic (exact) mass is 340 g/mol. The van der Waals surface area contributed by atoms with Crippen molar-refractivity contribution in [2.75, 3.05) is 5.32 Å². The van der Waals surface area contributed by atoms with Gasteiger partial charge in [0.1, 0.15) is 4.88 Å². The summed E-state index contributed by atoms with van der Waals surface area (Å²) >= 11 is 1.44. The summed E-state index contributed by atoms with van der Waals surface area (Å²) in [5, 5.41) is 8.17. The topological polar surface area (TPSA) is 59.8 Å². The van der Waals surface area contributed by atoms with Crippen LogP contribution >= 0.6 is 11.3 Å². The molecule has 0 unspecified atom stereocenters. The molecule has 1 N–H and O–H groups in total. The second kappa shape index (κ2) is 6.57. The van der Waals surface area contributed by atoms with E-state index < -0.39 is 0 Å². The lowest BCUT2D eigenvalue weighted by Crippen LogP contribution is -2.13. The van der Waals surface area contributed by atoms with Gasteiger partial charge in [-0.2, -0.15) is 5.10 Å². The summed E-state index contributed by atoms with van der Waals surface area (Å²) in [6.07, 6.45) is 5.29. The lowest BCUT2D eigenvalue weighted by atomic mass is 9.98. The van der Waals surface area contributed by atoms with Crippen molar-refractivity contribution in [1.29, 1.82) is 0 Å². The average Bonchev–Trinajstić information content (AvgIpc) is 3.19. The van der Waals surface area contributed by atoms with Gasteiger partial charge in [-0.3, -0.25) is 9.48 Å². The zero-order chi connectivity index (χ0) is 17.2. The summed E-state index contributed by atoms with van der Waals surface area (Å²) in [6, 6.07) is 9.65. The van der Waals surface area contributed by atoms with E-state index in [4.69, 9.17) is 0 Å². The van der Waals surface area contributed by atoms with E-state index in [1.54, 1.807) is 12.4 Å². The Morgan fingerprint density at radius 3 is 2.71 bits per heavy atom. The van der Waals surface area contributed by atoms with Gasteiger partial charge < -0.3 is 5.32 Å². The maximum atomic E-state index is 12.5. The Hall–Kier alpha value is -2.47. The molecule has 0 saturated carbocycles. The molecule has 2 heterocycles. The van der Waals surface area contributed by atoms with Gasteiger partial charge in [0.05, 0.1) is 17.7 Å². The third-order valence-corrected chi connectivity index (χ3v) is 4.95. The predicted molar refractivity (Wildman–Crippen MR) is 96.5 cm³/mol. The molecule has 124 valence electrons. The van der Waals surface area contributed by atoms with Crippen LogP contribution in [-0.4, -0.2) is 20.7 Å². The molecule has 1 aromatic carbocycles. The van der Waals surface area contributed by atoms with E-state index in [-0.39, 0.29) is 11.3 Å². The van der Waals surface area contributed by atoms with Crippen molar-refractivity contribution < 1.29 is 4.79 Å². The zero-order valence-electron chi connectivity index (χ0n) is 14.0. The van der Waals surface area contributed by atoms with Gasteiger partial charge in [0.2, 0.25) is 0 Å². The standard InChI is InChI=1S/C18H20N4OS/c1-18(2,3)17-19-11-15(24-17)16(23)21-14-8-5-4-7-13(14)12-22-10-6-9-20-22/h4-11H,12H2,1-3H3,(H,21,23). The molecule has 0 saturated heterocycles. The van der Waals surface area contributed by atoms with E-state index in [2.05, 4.69) is 36.2 Å². The number of para-hydroxylation sites is 1. The highest BCUT2D eigenvalue weighted by molar-refractivity contribution is 7.13. The maximum absolute atomic E-state index is 12.5. The van der Waals surface area contributed by atoms with Crippen molar-refractivity contribution in [1.82, 2.24) is 14.8 Å². The number of hydrogen-bond acceptors (Lipinski definition) is 4. The first-order valence-electron chi connectivity index (χ1n) is 7.76. The Balaban J connectivity index is 1.78. The third-order valence-electron chi connectivity index (χ3n) is 3.53. The van der Waals surface area contributed by atoms with Gasteiger partial charge in [0, 0.05) is 23.5 Å². The summed E-state index contributed by atoms with van der Waals surface area (Å²) in [4.78, 5) is 17.5. The van der Waals surface area contributed by atoms with Crippen LogP contribution in [-0.2, 0) is 12.0 Å². The number of hydrogen-bond donors (Lipinski definition) is 1. The Labute approximate surface area is 145 Å². The molecular weight excluding hydrogens is 320 g/mol. The SMILES string of the molecule is CC(C)(C)c1ncc(C(=O)Nc2ccccc2Cn2cccn2)s1. The highest BCUT2D eigenvalue weighted by Crippen LogP contribution is 2.27. The van der Waals surface area contributed by atoms with Crippen LogP contribution < -0.4 is 5.32 Å². The van der Waals surface area contributed by atoms with Crippen LogP contribution in [0.4, 0.5) is 5.69 Å². The minimum atomic E-state index is -0.129. The van der Waals surface area contributed by atoms with Crippen molar-refractivity contribution in [3.05, 3.63) is 64.4 Å². The number of anilines is 1. The molecule has 0 bridgehead atoms. The molecule has 0 aliphatic carbocycles. The quantitative estimate of drug-likeness (QED) is 0.782. The number of amides is 1. The Bertz CT molecular complexity index is 831. The first-order valence-corrected chi connectivity index (χ1v) is 8.58. The van der Waals surface area contributed by atoms with Gasteiger partial charge in [0.15, 0.2) is 0 Å². The second-order valence-electron chi connectivity index (χ2n) is 6.59. The first-order chi connectivity index (χ1) is 11.4. The first kappa shape index (κ1) is 16.4. The highest BCUT2D eigenvalue weighted by atomic mass is 32.1. The minimum Gasteiger partial charge on any atom is -0.321 e. The second-order valence-corrected chi connectivity index (χ2v) is 7.63. The lowest BCUT2D eigenvalue weighted by molar-refractivity contribution is 0.103. The molecule has 5 nitrogen and oxygen atoms in total. The average molecular weight is 340 g/mol. The van der Waals surface area contributed by atoms with Crippen molar-refractivity contribution in [3.63, 3.8) is 0 Å². The van der Waals surface area contributed by atoms with E-state index >= 15 is 0 Å². The van der Waals surface area contributed by atoms with Gasteiger partial charge in [0.25, 0.3) is 5.91 Å². The number of thiazole rings is 1. The molecular formula is C18H20N4OS. The number of carbonyl (C=O) groups is 1. The molecule has 0 spiro atoms. The normalized spacial score (nSPS) is 11.5. The van der Waals surface area contributed by atoms with Gasteiger partial charge >= 0.3 is 0 Å². The van der Waals surface area contributed by atoms with Gasteiger partial charge in [-0.25, -0.2) is 4.98 Å². The fourth-order valence-electron chi connectivity index (χ4n) is 2.26. The molecule has 3 rings (SSSR count). The number of carbonyl (C=O) groups excluding carboxylic acids is 1. The molecule has 2 aromatic heterocycles. The summed E-state index contributed by atoms with van der Waals surface area (Å²) < 4.78 is 1.83. The van der Waals surface area contributed by atoms with Crippen molar-refractivity contribution in [2.24, 2.45) is 0 Å². The van der Waals surface area contributed by atoms with Crippen LogP contribution in [0.2, 0.25) is 0 Å². The van der Waals surface area contributed by atoms with E-state index in [9.17, 15) is 4.79 Å². The molecule has 24 heavy (non-hydrogen) atoms. The van der Waals surface area contributed by atoms with Crippen molar-refractivity contribution in [2.45, 2.75) is 32.7 Å². The highest BCUT2D eigenvalue weighted by Gasteiger charge is 2.20. The largest absolute Gasteiger partial charge is 0.321 e. The molecule has 3 aromatic rings. The smallest absolute Gasteiger partial charge is 0.267 e. The molecule has 0 fully saturated rings. The van der Waals surface area contributed by atoms with Gasteiger partial charge in [-0.15, -0.1) is 11.3 Å². The number of nitrogens with zero attached hydrogens (tertiary/aromatic N) is 3. The van der Waals surface area contributed by atoms with Crippen LogP contribution in [0.3, 0.4) is 0 Å². The van der Waals surface area contributed by atoms with Crippen molar-refractivity contribution in [3.8, 4) is 0 Å². The van der Waals surface area contributed by atoms with E-state index in [1.165, 1.54) is 11.3 Å². The Morgan fingerprint density at radius 1 is 1.25 bits per heavy atom. The van der Waals surface area contributed by atoms with E-state index in [0.29, 0.717) is 11.4 Å². The minimum absolute atomic E-state index is 0.0544. The Morgan fingerprint density at radius 2 is 2.04 bits per heavy atom. The zero-order valence-corrected chi connectivity index (χ0v) is 14.8. The molecule has 0 aliphatic rings. The third kappa shape index (κ3) is 3.71. The Kier molecular flexibility index (Phi) is 4.49. The number of benzene rings is 1. The van der Waals surface area contributed by atoms with E-state index in [0.717, 1.165) is 16.3 Å². The fraction of sp³-hybridized carbons (Fsp3) is 0.278. The lowest BCUT2D eigenvalue weighted by Gasteiger charge is -2.13. The molecule has 0 atom stereocenters.